The van der Waals surface area contributed by atoms with E-state index in [1.54, 1.807) is 6.92 Å². The molecule has 0 saturated carbocycles. The molecule has 2 rings (SSSR count). The third-order valence-electron chi connectivity index (χ3n) is 3.86. The molecule has 0 aliphatic carbocycles. The van der Waals surface area contributed by atoms with Crippen molar-refractivity contribution < 1.29 is 17.9 Å². The number of sulfonamides is 1. The summed E-state index contributed by atoms with van der Waals surface area (Å²) in [5, 5.41) is 0.0358. The van der Waals surface area contributed by atoms with E-state index in [1.165, 1.54) is 30.9 Å². The van der Waals surface area contributed by atoms with Crippen LogP contribution < -0.4 is 4.72 Å². The van der Waals surface area contributed by atoms with Crippen LogP contribution in [0.15, 0.2) is 47.4 Å². The van der Waals surface area contributed by atoms with Crippen LogP contribution in [-0.2, 0) is 21.2 Å². The zero-order valence-corrected chi connectivity index (χ0v) is 15.8. The second-order valence-electron chi connectivity index (χ2n) is 5.57. The molecule has 0 fully saturated rings. The first kappa shape index (κ1) is 19.4. The van der Waals surface area contributed by atoms with E-state index in [0.717, 1.165) is 12.0 Å². The Hall–Kier alpha value is -1.89. The van der Waals surface area contributed by atoms with Gasteiger partial charge >= 0.3 is 5.97 Å². The highest BCUT2D eigenvalue weighted by molar-refractivity contribution is 7.89. The smallest absolute Gasteiger partial charge is 0.337 e. The van der Waals surface area contributed by atoms with Gasteiger partial charge in [-0.25, -0.2) is 17.9 Å². The van der Waals surface area contributed by atoms with Crippen LogP contribution in [0.4, 0.5) is 0 Å². The fraction of sp³-hybridized carbons (Fsp3) is 0.278. The standard InChI is InChI=1S/C18H20ClNO4S/c1-4-13-5-7-14(8-6-13)12(2)20-25(22,23)17-11-15(18(21)24-3)9-10-16(17)19/h5-12,20H,4H2,1-3H3. The molecule has 2 aromatic rings. The molecule has 5 nitrogen and oxygen atoms in total. The lowest BCUT2D eigenvalue weighted by molar-refractivity contribution is 0.0600. The van der Waals surface area contributed by atoms with E-state index in [0.29, 0.717) is 0 Å². The van der Waals surface area contributed by atoms with Crippen molar-refractivity contribution in [3.63, 3.8) is 0 Å². The van der Waals surface area contributed by atoms with Crippen LogP contribution in [0.3, 0.4) is 0 Å². The molecule has 0 radical (unpaired) electrons. The number of halogens is 1. The number of aryl methyl sites for hydroxylation is 1. The Balaban J connectivity index is 2.30. The van der Waals surface area contributed by atoms with Crippen molar-refractivity contribution in [3.05, 3.63) is 64.2 Å². The monoisotopic (exact) mass is 381 g/mol. The lowest BCUT2D eigenvalue weighted by Gasteiger charge is -2.16. The Morgan fingerprint density at radius 2 is 1.84 bits per heavy atom. The number of hydrogen-bond acceptors (Lipinski definition) is 4. The van der Waals surface area contributed by atoms with Gasteiger partial charge in [0.05, 0.1) is 17.7 Å². The molecule has 0 amide bonds. The van der Waals surface area contributed by atoms with Crippen molar-refractivity contribution in [1.82, 2.24) is 4.72 Å². The molecule has 0 bridgehead atoms. The van der Waals surface area contributed by atoms with Gasteiger partial charge in [-0.3, -0.25) is 0 Å². The molecule has 1 N–H and O–H groups in total. The lowest BCUT2D eigenvalue weighted by Crippen LogP contribution is -2.27. The van der Waals surface area contributed by atoms with Crippen LogP contribution in [0, 0.1) is 0 Å². The first-order valence-electron chi connectivity index (χ1n) is 7.77. The quantitative estimate of drug-likeness (QED) is 0.774. The number of ether oxygens (including phenoxy) is 1. The normalized spacial score (nSPS) is 12.6. The van der Waals surface area contributed by atoms with Gasteiger partial charge in [0.25, 0.3) is 0 Å². The van der Waals surface area contributed by atoms with Crippen molar-refractivity contribution in [3.8, 4) is 0 Å². The molecule has 134 valence electrons. The Morgan fingerprint density at radius 1 is 1.20 bits per heavy atom. The molecule has 7 heteroatoms. The second-order valence-corrected chi connectivity index (χ2v) is 7.66. The molecule has 1 atom stereocenters. The summed E-state index contributed by atoms with van der Waals surface area (Å²) in [6.07, 6.45) is 0.913. The lowest BCUT2D eigenvalue weighted by atomic mass is 10.1. The van der Waals surface area contributed by atoms with Gasteiger partial charge in [-0.2, -0.15) is 0 Å². The fourth-order valence-corrected chi connectivity index (χ4v) is 4.12. The fourth-order valence-electron chi connectivity index (χ4n) is 2.36. The SMILES string of the molecule is CCc1ccc(C(C)NS(=O)(=O)c2cc(C(=O)OC)ccc2Cl)cc1. The second kappa shape index (κ2) is 7.99. The summed E-state index contributed by atoms with van der Waals surface area (Å²) in [5.41, 5.74) is 2.13. The largest absolute Gasteiger partial charge is 0.465 e. The minimum Gasteiger partial charge on any atom is -0.465 e. The maximum Gasteiger partial charge on any atom is 0.337 e. The van der Waals surface area contributed by atoms with Gasteiger partial charge in [0, 0.05) is 6.04 Å². The third kappa shape index (κ3) is 4.60. The molecule has 0 aliphatic rings. The summed E-state index contributed by atoms with van der Waals surface area (Å²) in [6, 6.07) is 11.2. The summed E-state index contributed by atoms with van der Waals surface area (Å²) < 4.78 is 32.6. The summed E-state index contributed by atoms with van der Waals surface area (Å²) in [6.45, 7) is 3.80. The average Bonchev–Trinajstić information content (AvgIpc) is 2.61. The highest BCUT2D eigenvalue weighted by Gasteiger charge is 2.23. The van der Waals surface area contributed by atoms with E-state index in [2.05, 4.69) is 16.4 Å². The van der Waals surface area contributed by atoms with E-state index in [-0.39, 0.29) is 15.5 Å². The van der Waals surface area contributed by atoms with Crippen LogP contribution in [0.5, 0.6) is 0 Å². The van der Waals surface area contributed by atoms with Gasteiger partial charge in [-0.15, -0.1) is 0 Å². The number of methoxy groups -OCH3 is 1. The third-order valence-corrected chi connectivity index (χ3v) is 5.88. The number of nitrogens with one attached hydrogen (secondary N) is 1. The number of carbonyl (C=O) groups is 1. The average molecular weight is 382 g/mol. The highest BCUT2D eigenvalue weighted by Crippen LogP contribution is 2.25. The summed E-state index contributed by atoms with van der Waals surface area (Å²) >= 11 is 6.03. The maximum atomic E-state index is 12.7. The van der Waals surface area contributed by atoms with E-state index in [9.17, 15) is 13.2 Å². The number of benzene rings is 2. The van der Waals surface area contributed by atoms with Crippen molar-refractivity contribution in [1.29, 1.82) is 0 Å². The predicted molar refractivity (Wildman–Crippen MR) is 97.3 cm³/mol. The number of esters is 1. The van der Waals surface area contributed by atoms with Gasteiger partial charge in [0.1, 0.15) is 4.90 Å². The molecule has 0 aromatic heterocycles. The van der Waals surface area contributed by atoms with Crippen LogP contribution in [-0.4, -0.2) is 21.5 Å². The van der Waals surface area contributed by atoms with Gasteiger partial charge in [-0.1, -0.05) is 42.8 Å². The molecule has 2 aromatic carbocycles. The number of carbonyl (C=O) groups excluding carboxylic acids is 1. The Labute approximate surface area is 153 Å². The molecular formula is C18H20ClNO4S. The van der Waals surface area contributed by atoms with Gasteiger partial charge in [-0.05, 0) is 42.7 Å². The van der Waals surface area contributed by atoms with Gasteiger partial charge in [0.15, 0.2) is 0 Å². The van der Waals surface area contributed by atoms with E-state index in [4.69, 9.17) is 11.6 Å². The van der Waals surface area contributed by atoms with Crippen molar-refractivity contribution in [2.45, 2.75) is 31.2 Å². The summed E-state index contributed by atoms with van der Waals surface area (Å²) in [4.78, 5) is 11.5. The first-order valence-corrected chi connectivity index (χ1v) is 9.63. The van der Waals surface area contributed by atoms with E-state index in [1.807, 2.05) is 24.3 Å². The summed E-state index contributed by atoms with van der Waals surface area (Å²) in [7, 11) is -2.68. The molecule has 0 saturated heterocycles. The number of rotatable bonds is 6. The predicted octanol–water partition coefficient (Wildman–Crippen LogP) is 3.73. The summed E-state index contributed by atoms with van der Waals surface area (Å²) in [5.74, 6) is -0.628. The molecule has 0 aliphatic heterocycles. The van der Waals surface area contributed by atoms with Crippen molar-refractivity contribution >= 4 is 27.6 Å². The van der Waals surface area contributed by atoms with Gasteiger partial charge in [0.2, 0.25) is 10.0 Å². The maximum absolute atomic E-state index is 12.7. The Bertz CT molecular complexity index is 863. The van der Waals surface area contributed by atoms with Crippen molar-refractivity contribution in [2.75, 3.05) is 7.11 Å². The molecule has 25 heavy (non-hydrogen) atoms. The van der Waals surface area contributed by atoms with E-state index >= 15 is 0 Å². The minimum absolute atomic E-state index is 0.0358. The number of hydrogen-bond donors (Lipinski definition) is 1. The molecule has 0 heterocycles. The molecule has 1 unspecified atom stereocenters. The zero-order chi connectivity index (χ0) is 18.6. The topological polar surface area (TPSA) is 72.5 Å². The minimum atomic E-state index is -3.91. The molecular weight excluding hydrogens is 362 g/mol. The van der Waals surface area contributed by atoms with Crippen LogP contribution >= 0.6 is 11.6 Å². The van der Waals surface area contributed by atoms with Crippen LogP contribution in [0.2, 0.25) is 5.02 Å². The first-order chi connectivity index (χ1) is 11.8. The Kier molecular flexibility index (Phi) is 6.21. The highest BCUT2D eigenvalue weighted by atomic mass is 35.5. The van der Waals surface area contributed by atoms with Crippen molar-refractivity contribution in [2.24, 2.45) is 0 Å². The van der Waals surface area contributed by atoms with Crippen LogP contribution in [0.1, 0.15) is 41.4 Å². The van der Waals surface area contributed by atoms with E-state index < -0.39 is 22.0 Å². The Morgan fingerprint density at radius 3 is 2.40 bits per heavy atom. The van der Waals surface area contributed by atoms with Crippen LogP contribution in [0.25, 0.3) is 0 Å². The van der Waals surface area contributed by atoms with Gasteiger partial charge < -0.3 is 4.74 Å². The molecule has 0 spiro atoms. The zero-order valence-electron chi connectivity index (χ0n) is 14.2.